The average molecular weight is 293 g/mol. The minimum Gasteiger partial charge on any atom is -0.465 e. The SMILES string of the molecule is COC(=O)c1cc(Oc2ccc(F)c(C)c2)c(F)cc1N. The highest BCUT2D eigenvalue weighted by atomic mass is 19.1. The van der Waals surface area contributed by atoms with Crippen molar-refractivity contribution >= 4 is 11.7 Å². The summed E-state index contributed by atoms with van der Waals surface area (Å²) in [6.45, 7) is 1.56. The summed E-state index contributed by atoms with van der Waals surface area (Å²) in [6, 6.07) is 6.10. The third kappa shape index (κ3) is 3.10. The van der Waals surface area contributed by atoms with E-state index < -0.39 is 17.6 Å². The number of hydrogen-bond acceptors (Lipinski definition) is 4. The maximum Gasteiger partial charge on any atom is 0.340 e. The van der Waals surface area contributed by atoms with E-state index in [1.54, 1.807) is 6.92 Å². The normalized spacial score (nSPS) is 10.3. The Hall–Kier alpha value is -2.63. The van der Waals surface area contributed by atoms with Crippen LogP contribution in [0.1, 0.15) is 15.9 Å². The van der Waals surface area contributed by atoms with Crippen LogP contribution in [-0.2, 0) is 4.74 Å². The number of carbonyl (C=O) groups excluding carboxylic acids is 1. The molecule has 0 aliphatic carbocycles. The van der Waals surface area contributed by atoms with Gasteiger partial charge < -0.3 is 15.2 Å². The summed E-state index contributed by atoms with van der Waals surface area (Å²) in [4.78, 5) is 11.5. The molecule has 0 atom stereocenters. The molecule has 2 N–H and O–H groups in total. The molecule has 0 heterocycles. The highest BCUT2D eigenvalue weighted by Gasteiger charge is 2.16. The number of nitrogens with two attached hydrogens (primary N) is 1. The number of anilines is 1. The lowest BCUT2D eigenvalue weighted by molar-refractivity contribution is 0.0601. The van der Waals surface area contributed by atoms with Crippen molar-refractivity contribution in [2.24, 2.45) is 0 Å². The van der Waals surface area contributed by atoms with E-state index in [1.165, 1.54) is 25.3 Å². The maximum atomic E-state index is 13.8. The fourth-order valence-electron chi connectivity index (χ4n) is 1.74. The first kappa shape index (κ1) is 14.8. The molecular weight excluding hydrogens is 280 g/mol. The molecule has 0 radical (unpaired) electrons. The summed E-state index contributed by atoms with van der Waals surface area (Å²) in [5.74, 6) is -1.78. The third-order valence-electron chi connectivity index (χ3n) is 2.87. The van der Waals surface area contributed by atoms with Gasteiger partial charge in [-0.1, -0.05) is 0 Å². The summed E-state index contributed by atoms with van der Waals surface area (Å²) < 4.78 is 36.9. The van der Waals surface area contributed by atoms with Gasteiger partial charge in [0.2, 0.25) is 0 Å². The molecule has 4 nitrogen and oxygen atoms in total. The first-order valence-corrected chi connectivity index (χ1v) is 6.03. The van der Waals surface area contributed by atoms with E-state index in [9.17, 15) is 13.6 Å². The molecule has 0 saturated heterocycles. The molecule has 0 amide bonds. The molecule has 2 aromatic carbocycles. The van der Waals surface area contributed by atoms with E-state index in [4.69, 9.17) is 10.5 Å². The van der Waals surface area contributed by atoms with E-state index in [2.05, 4.69) is 4.74 Å². The van der Waals surface area contributed by atoms with E-state index >= 15 is 0 Å². The molecule has 0 spiro atoms. The Morgan fingerprint density at radius 3 is 2.48 bits per heavy atom. The molecule has 2 rings (SSSR count). The molecule has 0 fully saturated rings. The number of aryl methyl sites for hydroxylation is 1. The summed E-state index contributed by atoms with van der Waals surface area (Å²) in [5.41, 5.74) is 5.86. The highest BCUT2D eigenvalue weighted by molar-refractivity contribution is 5.95. The zero-order valence-electron chi connectivity index (χ0n) is 11.4. The van der Waals surface area contributed by atoms with Gasteiger partial charge in [-0.3, -0.25) is 0 Å². The second-order valence-corrected chi connectivity index (χ2v) is 4.37. The van der Waals surface area contributed by atoms with Gasteiger partial charge in [-0.25, -0.2) is 13.6 Å². The number of methoxy groups -OCH3 is 1. The molecule has 0 unspecified atom stereocenters. The minimum atomic E-state index is -0.734. The Kier molecular flexibility index (Phi) is 4.07. The van der Waals surface area contributed by atoms with Crippen molar-refractivity contribution in [3.05, 3.63) is 53.1 Å². The van der Waals surface area contributed by atoms with Crippen molar-refractivity contribution < 1.29 is 23.0 Å². The lowest BCUT2D eigenvalue weighted by Crippen LogP contribution is -2.06. The Balaban J connectivity index is 2.39. The van der Waals surface area contributed by atoms with Gasteiger partial charge in [-0.15, -0.1) is 0 Å². The van der Waals surface area contributed by atoms with E-state index in [-0.39, 0.29) is 22.7 Å². The monoisotopic (exact) mass is 293 g/mol. The van der Waals surface area contributed by atoms with Crippen LogP contribution in [0.5, 0.6) is 11.5 Å². The molecular formula is C15H13F2NO3. The predicted molar refractivity (Wildman–Crippen MR) is 73.4 cm³/mol. The van der Waals surface area contributed by atoms with Crippen LogP contribution >= 0.6 is 0 Å². The van der Waals surface area contributed by atoms with Crippen LogP contribution in [0, 0.1) is 18.6 Å². The number of benzene rings is 2. The quantitative estimate of drug-likeness (QED) is 0.695. The molecule has 110 valence electrons. The van der Waals surface area contributed by atoms with Gasteiger partial charge in [0.05, 0.1) is 12.7 Å². The largest absolute Gasteiger partial charge is 0.465 e. The molecule has 6 heteroatoms. The van der Waals surface area contributed by atoms with Gasteiger partial charge in [0.1, 0.15) is 11.6 Å². The summed E-state index contributed by atoms with van der Waals surface area (Å²) in [5, 5.41) is 0. The molecule has 0 aliphatic rings. The third-order valence-corrected chi connectivity index (χ3v) is 2.87. The van der Waals surface area contributed by atoms with Crippen LogP contribution in [0.25, 0.3) is 0 Å². The molecule has 0 bridgehead atoms. The van der Waals surface area contributed by atoms with Crippen LogP contribution in [0.3, 0.4) is 0 Å². The number of esters is 1. The van der Waals surface area contributed by atoms with Crippen molar-refractivity contribution in [2.45, 2.75) is 6.92 Å². The Morgan fingerprint density at radius 2 is 1.86 bits per heavy atom. The number of halogens is 2. The second kappa shape index (κ2) is 5.78. The summed E-state index contributed by atoms with van der Waals surface area (Å²) >= 11 is 0. The first-order valence-electron chi connectivity index (χ1n) is 6.03. The van der Waals surface area contributed by atoms with Crippen LogP contribution < -0.4 is 10.5 Å². The van der Waals surface area contributed by atoms with Gasteiger partial charge in [0.25, 0.3) is 0 Å². The molecule has 21 heavy (non-hydrogen) atoms. The van der Waals surface area contributed by atoms with E-state index in [0.29, 0.717) is 5.56 Å². The standard InChI is InChI=1S/C15H13F2NO3/c1-8-5-9(3-4-11(8)16)21-14-6-10(15(19)20-2)13(18)7-12(14)17/h3-7H,18H2,1-2H3. The Labute approximate surface area is 120 Å². The van der Waals surface area contributed by atoms with E-state index in [1.807, 2.05) is 0 Å². The molecule has 0 aliphatic heterocycles. The van der Waals surface area contributed by atoms with E-state index in [0.717, 1.165) is 12.1 Å². The molecule has 0 saturated carbocycles. The maximum absolute atomic E-state index is 13.8. The van der Waals surface area contributed by atoms with Crippen molar-refractivity contribution in [1.29, 1.82) is 0 Å². The zero-order valence-corrected chi connectivity index (χ0v) is 11.4. The number of hydrogen-bond donors (Lipinski definition) is 1. The Morgan fingerprint density at radius 1 is 1.14 bits per heavy atom. The van der Waals surface area contributed by atoms with Crippen LogP contribution in [0.15, 0.2) is 30.3 Å². The van der Waals surface area contributed by atoms with Crippen molar-refractivity contribution in [1.82, 2.24) is 0 Å². The lowest BCUT2D eigenvalue weighted by atomic mass is 10.1. The summed E-state index contributed by atoms with van der Waals surface area (Å²) in [6.07, 6.45) is 0. The van der Waals surface area contributed by atoms with Crippen molar-refractivity contribution in [3.63, 3.8) is 0 Å². The van der Waals surface area contributed by atoms with Crippen LogP contribution in [0.2, 0.25) is 0 Å². The van der Waals surface area contributed by atoms with Gasteiger partial charge in [-0.05, 0) is 30.7 Å². The lowest BCUT2D eigenvalue weighted by Gasteiger charge is -2.11. The Bertz CT molecular complexity index is 702. The van der Waals surface area contributed by atoms with Crippen molar-refractivity contribution in [3.8, 4) is 11.5 Å². The van der Waals surface area contributed by atoms with Gasteiger partial charge in [0.15, 0.2) is 11.6 Å². The van der Waals surface area contributed by atoms with Gasteiger partial charge in [-0.2, -0.15) is 0 Å². The predicted octanol–water partition coefficient (Wildman–Crippen LogP) is 3.43. The molecule has 0 aromatic heterocycles. The van der Waals surface area contributed by atoms with Crippen molar-refractivity contribution in [2.75, 3.05) is 12.8 Å². The number of nitrogen functional groups attached to an aromatic ring is 1. The van der Waals surface area contributed by atoms with Crippen LogP contribution in [-0.4, -0.2) is 13.1 Å². The van der Waals surface area contributed by atoms with Gasteiger partial charge >= 0.3 is 5.97 Å². The number of carbonyl (C=O) groups is 1. The topological polar surface area (TPSA) is 61.5 Å². The van der Waals surface area contributed by atoms with Crippen LogP contribution in [0.4, 0.5) is 14.5 Å². The fourth-order valence-corrected chi connectivity index (χ4v) is 1.74. The second-order valence-electron chi connectivity index (χ2n) is 4.37. The number of rotatable bonds is 3. The number of ether oxygens (including phenoxy) is 2. The smallest absolute Gasteiger partial charge is 0.340 e. The minimum absolute atomic E-state index is 0.00673. The fraction of sp³-hybridized carbons (Fsp3) is 0.133. The molecule has 2 aromatic rings. The van der Waals surface area contributed by atoms with Gasteiger partial charge in [0, 0.05) is 17.8 Å². The highest BCUT2D eigenvalue weighted by Crippen LogP contribution is 2.29. The average Bonchev–Trinajstić information content (AvgIpc) is 2.45. The summed E-state index contributed by atoms with van der Waals surface area (Å²) in [7, 11) is 1.19. The zero-order chi connectivity index (χ0) is 15.6. The first-order chi connectivity index (χ1) is 9.92.